The van der Waals surface area contributed by atoms with Crippen molar-refractivity contribution >= 4 is 5.82 Å². The number of ether oxygens (including phenoxy) is 1. The molecule has 2 fully saturated rings. The van der Waals surface area contributed by atoms with E-state index in [1.165, 1.54) is 19.3 Å². The number of nitrogens with zero attached hydrogens (tertiary/aromatic N) is 2. The molecule has 0 aromatic carbocycles. The molecule has 0 bridgehead atoms. The zero-order chi connectivity index (χ0) is 13.1. The van der Waals surface area contributed by atoms with Gasteiger partial charge >= 0.3 is 0 Å². The molecule has 4 heteroatoms. The predicted octanol–water partition coefficient (Wildman–Crippen LogP) is 1.95. The van der Waals surface area contributed by atoms with E-state index in [0.29, 0.717) is 12.1 Å². The lowest BCUT2D eigenvalue weighted by Gasteiger charge is -2.38. The molecule has 2 atom stereocenters. The van der Waals surface area contributed by atoms with Crippen LogP contribution in [0.5, 0.6) is 0 Å². The summed E-state index contributed by atoms with van der Waals surface area (Å²) >= 11 is 0. The third-order valence-corrected chi connectivity index (χ3v) is 4.12. The number of morpholine rings is 1. The number of hydrogen-bond acceptors (Lipinski definition) is 4. The Labute approximate surface area is 115 Å². The van der Waals surface area contributed by atoms with Gasteiger partial charge in [-0.2, -0.15) is 0 Å². The van der Waals surface area contributed by atoms with Crippen LogP contribution in [0.3, 0.4) is 0 Å². The number of hydrogen-bond donors (Lipinski definition) is 1. The first kappa shape index (κ1) is 12.9. The Morgan fingerprint density at radius 2 is 2.37 bits per heavy atom. The number of anilines is 1. The SMILES string of the molecule is CCNCc1cccc(N2CCOC3CCCC32)n1. The molecular formula is C15H23N3O. The van der Waals surface area contributed by atoms with E-state index in [-0.39, 0.29) is 0 Å². The molecule has 1 saturated carbocycles. The Kier molecular flexibility index (Phi) is 3.99. The van der Waals surface area contributed by atoms with Gasteiger partial charge in [-0.3, -0.25) is 0 Å². The Morgan fingerprint density at radius 3 is 3.26 bits per heavy atom. The van der Waals surface area contributed by atoms with Crippen LogP contribution in [0.15, 0.2) is 18.2 Å². The number of nitrogens with one attached hydrogen (secondary N) is 1. The zero-order valence-corrected chi connectivity index (χ0v) is 11.6. The van der Waals surface area contributed by atoms with Crippen LogP contribution >= 0.6 is 0 Å². The van der Waals surface area contributed by atoms with E-state index in [0.717, 1.165) is 37.8 Å². The molecule has 19 heavy (non-hydrogen) atoms. The van der Waals surface area contributed by atoms with Crippen molar-refractivity contribution in [2.45, 2.75) is 44.9 Å². The summed E-state index contributed by atoms with van der Waals surface area (Å²) < 4.78 is 5.87. The van der Waals surface area contributed by atoms with Gasteiger partial charge in [0.15, 0.2) is 0 Å². The van der Waals surface area contributed by atoms with E-state index in [4.69, 9.17) is 9.72 Å². The molecule has 104 valence electrons. The maximum atomic E-state index is 5.87. The molecule has 2 unspecified atom stereocenters. The first-order valence-corrected chi connectivity index (χ1v) is 7.43. The minimum absolute atomic E-state index is 0.424. The fourth-order valence-corrected chi connectivity index (χ4v) is 3.19. The molecule has 1 aromatic heterocycles. The van der Waals surface area contributed by atoms with Crippen molar-refractivity contribution in [3.05, 3.63) is 23.9 Å². The molecule has 0 radical (unpaired) electrons. The lowest BCUT2D eigenvalue weighted by molar-refractivity contribution is 0.0253. The number of fused-ring (bicyclic) bond motifs is 1. The van der Waals surface area contributed by atoms with Crippen LogP contribution in [-0.2, 0) is 11.3 Å². The molecule has 3 rings (SSSR count). The largest absolute Gasteiger partial charge is 0.374 e. The van der Waals surface area contributed by atoms with Crippen LogP contribution in [-0.4, -0.2) is 36.8 Å². The van der Waals surface area contributed by atoms with Crippen molar-refractivity contribution in [2.24, 2.45) is 0 Å². The first-order valence-electron chi connectivity index (χ1n) is 7.43. The Balaban J connectivity index is 1.76. The van der Waals surface area contributed by atoms with Gasteiger partial charge in [0.25, 0.3) is 0 Å². The van der Waals surface area contributed by atoms with Crippen molar-refractivity contribution in [3.63, 3.8) is 0 Å². The van der Waals surface area contributed by atoms with Crippen molar-refractivity contribution < 1.29 is 4.74 Å². The highest BCUT2D eigenvalue weighted by Crippen LogP contribution is 2.32. The van der Waals surface area contributed by atoms with Gasteiger partial charge in [-0.25, -0.2) is 4.98 Å². The quantitative estimate of drug-likeness (QED) is 0.899. The molecule has 1 N–H and O–H groups in total. The highest BCUT2D eigenvalue weighted by atomic mass is 16.5. The molecular weight excluding hydrogens is 238 g/mol. The molecule has 2 aliphatic rings. The molecule has 2 heterocycles. The lowest BCUT2D eigenvalue weighted by Crippen LogP contribution is -2.49. The second-order valence-corrected chi connectivity index (χ2v) is 5.37. The van der Waals surface area contributed by atoms with Gasteiger partial charge in [0.2, 0.25) is 0 Å². The van der Waals surface area contributed by atoms with Crippen LogP contribution in [0.1, 0.15) is 31.9 Å². The molecule has 1 aliphatic heterocycles. The summed E-state index contributed by atoms with van der Waals surface area (Å²) in [6.07, 6.45) is 4.15. The summed E-state index contributed by atoms with van der Waals surface area (Å²) in [5, 5.41) is 3.34. The average Bonchev–Trinajstić information content (AvgIpc) is 2.93. The molecule has 4 nitrogen and oxygen atoms in total. The predicted molar refractivity (Wildman–Crippen MR) is 76.3 cm³/mol. The molecule has 1 saturated heterocycles. The minimum Gasteiger partial charge on any atom is -0.374 e. The Hall–Kier alpha value is -1.13. The molecule has 1 aliphatic carbocycles. The summed E-state index contributed by atoms with van der Waals surface area (Å²) in [6, 6.07) is 6.89. The van der Waals surface area contributed by atoms with Crippen LogP contribution in [0.4, 0.5) is 5.82 Å². The fraction of sp³-hybridized carbons (Fsp3) is 0.667. The van der Waals surface area contributed by atoms with Gasteiger partial charge in [0, 0.05) is 13.1 Å². The smallest absolute Gasteiger partial charge is 0.129 e. The summed E-state index contributed by atoms with van der Waals surface area (Å²) in [5.74, 6) is 1.12. The Bertz CT molecular complexity index is 424. The van der Waals surface area contributed by atoms with Gasteiger partial charge in [0.1, 0.15) is 5.82 Å². The van der Waals surface area contributed by atoms with E-state index < -0.39 is 0 Å². The average molecular weight is 261 g/mol. The maximum Gasteiger partial charge on any atom is 0.129 e. The summed E-state index contributed by atoms with van der Waals surface area (Å²) in [5.41, 5.74) is 1.13. The number of pyridine rings is 1. The van der Waals surface area contributed by atoms with Crippen LogP contribution < -0.4 is 10.2 Å². The third-order valence-electron chi connectivity index (χ3n) is 4.12. The topological polar surface area (TPSA) is 37.4 Å². The summed E-state index contributed by atoms with van der Waals surface area (Å²) in [6.45, 7) is 5.75. The lowest BCUT2D eigenvalue weighted by atomic mass is 10.1. The third kappa shape index (κ3) is 2.74. The van der Waals surface area contributed by atoms with Crippen LogP contribution in [0, 0.1) is 0 Å². The highest BCUT2D eigenvalue weighted by molar-refractivity contribution is 5.42. The van der Waals surface area contributed by atoms with Crippen LogP contribution in [0.25, 0.3) is 0 Å². The van der Waals surface area contributed by atoms with Crippen molar-refractivity contribution in [2.75, 3.05) is 24.6 Å². The van der Waals surface area contributed by atoms with E-state index >= 15 is 0 Å². The standard InChI is InChI=1S/C15H23N3O/c1-2-16-11-12-5-3-8-15(17-12)18-9-10-19-14-7-4-6-13(14)18/h3,5,8,13-14,16H,2,4,6-7,9-11H2,1H3. The molecule has 0 amide bonds. The maximum absolute atomic E-state index is 5.87. The number of rotatable bonds is 4. The fourth-order valence-electron chi connectivity index (χ4n) is 3.19. The molecule has 1 aromatic rings. The molecule has 0 spiro atoms. The second-order valence-electron chi connectivity index (χ2n) is 5.37. The number of aromatic nitrogens is 1. The van der Waals surface area contributed by atoms with Gasteiger partial charge < -0.3 is 15.0 Å². The van der Waals surface area contributed by atoms with E-state index in [9.17, 15) is 0 Å². The Morgan fingerprint density at radius 1 is 1.42 bits per heavy atom. The monoisotopic (exact) mass is 261 g/mol. The van der Waals surface area contributed by atoms with Gasteiger partial charge in [0.05, 0.1) is 24.4 Å². The van der Waals surface area contributed by atoms with E-state index in [1.54, 1.807) is 0 Å². The van der Waals surface area contributed by atoms with Gasteiger partial charge in [-0.05, 0) is 37.9 Å². The van der Waals surface area contributed by atoms with Crippen molar-refractivity contribution in [3.8, 4) is 0 Å². The van der Waals surface area contributed by atoms with Crippen LogP contribution in [0.2, 0.25) is 0 Å². The zero-order valence-electron chi connectivity index (χ0n) is 11.6. The normalized spacial score (nSPS) is 26.5. The van der Waals surface area contributed by atoms with Crippen molar-refractivity contribution in [1.29, 1.82) is 0 Å². The first-order chi connectivity index (χ1) is 9.38. The highest BCUT2D eigenvalue weighted by Gasteiger charge is 2.36. The second kappa shape index (κ2) is 5.88. The minimum atomic E-state index is 0.424. The van der Waals surface area contributed by atoms with Crippen molar-refractivity contribution in [1.82, 2.24) is 10.3 Å². The van der Waals surface area contributed by atoms with Gasteiger partial charge in [-0.1, -0.05) is 13.0 Å². The van der Waals surface area contributed by atoms with Gasteiger partial charge in [-0.15, -0.1) is 0 Å². The van der Waals surface area contributed by atoms with E-state index in [1.807, 2.05) is 0 Å². The summed E-state index contributed by atoms with van der Waals surface area (Å²) in [4.78, 5) is 7.26. The summed E-state index contributed by atoms with van der Waals surface area (Å²) in [7, 11) is 0. The van der Waals surface area contributed by atoms with E-state index in [2.05, 4.69) is 35.3 Å².